The first-order valence-electron chi connectivity index (χ1n) is 15.5. The van der Waals surface area contributed by atoms with E-state index < -0.39 is 18.0 Å². The molecule has 230 valence electrons. The highest BCUT2D eigenvalue weighted by Gasteiger charge is 2.46. The predicted molar refractivity (Wildman–Crippen MR) is 167 cm³/mol. The van der Waals surface area contributed by atoms with Crippen LogP contribution in [0.25, 0.3) is 26.9 Å². The molecule has 2 aromatic carbocycles. The van der Waals surface area contributed by atoms with Gasteiger partial charge in [-0.1, -0.05) is 24.8 Å². The van der Waals surface area contributed by atoms with Crippen LogP contribution >= 0.6 is 0 Å². The molecule has 0 radical (unpaired) electrons. The highest BCUT2D eigenvalue weighted by atomic mass is 19.1. The Morgan fingerprint density at radius 1 is 1.24 bits per heavy atom. The molecule has 0 spiro atoms. The molecule has 2 aliphatic heterocycles. The molecule has 3 aromatic rings. The van der Waals surface area contributed by atoms with Crippen molar-refractivity contribution in [1.82, 2.24) is 14.8 Å². The Morgan fingerprint density at radius 3 is 2.82 bits per heavy atom. The van der Waals surface area contributed by atoms with Crippen molar-refractivity contribution in [2.45, 2.75) is 43.4 Å². The lowest BCUT2D eigenvalue weighted by Crippen LogP contribution is -2.56. The third-order valence-corrected chi connectivity index (χ3v) is 10.00. The number of pyridine rings is 1. The van der Waals surface area contributed by atoms with Crippen LogP contribution < -0.4 is 9.64 Å². The number of likely N-dealkylation sites (N-methyl/N-ethyl adjacent to an activating group) is 1. The summed E-state index contributed by atoms with van der Waals surface area (Å²) in [6, 6.07) is 10.9. The first kappa shape index (κ1) is 29.2. The number of likely N-dealkylation sites (tertiary alicyclic amines) is 1. The van der Waals surface area contributed by atoms with Crippen LogP contribution in [0.2, 0.25) is 0 Å². The molecule has 7 rings (SSSR count). The van der Waals surface area contributed by atoms with Crippen LogP contribution in [-0.4, -0.2) is 85.3 Å². The molecule has 3 fully saturated rings. The Kier molecular flexibility index (Phi) is 7.41. The topological polar surface area (TPSA) is 77.1 Å². The summed E-state index contributed by atoms with van der Waals surface area (Å²) in [6.07, 6.45) is 2.78. The molecule has 2 unspecified atom stereocenters. The molecule has 3 heterocycles. The minimum atomic E-state index is -0.947. The normalized spacial score (nSPS) is 25.4. The number of nitrogens with zero attached hydrogens (tertiary/aromatic N) is 6. The number of amides is 1. The lowest BCUT2D eigenvalue weighted by Gasteiger charge is -2.40. The number of fused-ring (bicyclic) bond motifs is 4. The largest absolute Gasteiger partial charge is 0.475 e. The van der Waals surface area contributed by atoms with E-state index in [0.717, 1.165) is 18.4 Å². The smallest absolute Gasteiger partial charge is 0.246 e. The Hall–Kier alpha value is -4.54. The van der Waals surface area contributed by atoms with E-state index in [4.69, 9.17) is 16.3 Å². The maximum atomic E-state index is 16.2. The van der Waals surface area contributed by atoms with Gasteiger partial charge in [-0.15, -0.1) is 0 Å². The SMILES string of the molecule is [C-]#[N+]C[C@H]1CN(c2c(C#N)c(OC[C@@H]3C[C@@H](F)CN3C)nc3cc(-c4cccc5c4C4CC4C5)c(F)cc23)CCN1C(=O)C=C. The average molecular weight is 609 g/mol. The molecular weight excluding hydrogens is 574 g/mol. The number of benzene rings is 2. The van der Waals surface area contributed by atoms with Crippen molar-refractivity contribution in [3.63, 3.8) is 0 Å². The van der Waals surface area contributed by atoms with Crippen LogP contribution in [0.15, 0.2) is 43.0 Å². The lowest BCUT2D eigenvalue weighted by molar-refractivity contribution is -0.128. The van der Waals surface area contributed by atoms with Crippen LogP contribution in [-0.2, 0) is 11.2 Å². The Labute approximate surface area is 261 Å². The molecule has 0 N–H and O–H groups in total. The van der Waals surface area contributed by atoms with Crippen LogP contribution in [0.5, 0.6) is 5.88 Å². The zero-order valence-electron chi connectivity index (χ0n) is 25.2. The van der Waals surface area contributed by atoms with Crippen LogP contribution in [0, 0.1) is 29.6 Å². The third-order valence-electron chi connectivity index (χ3n) is 10.00. The molecule has 0 bridgehead atoms. The lowest BCUT2D eigenvalue weighted by atomic mass is 9.92. The molecule has 2 aliphatic carbocycles. The Balaban J connectivity index is 1.35. The molecule has 10 heteroatoms. The maximum absolute atomic E-state index is 16.2. The quantitative estimate of drug-likeness (QED) is 0.274. The number of rotatable bonds is 7. The summed E-state index contributed by atoms with van der Waals surface area (Å²) >= 11 is 0. The van der Waals surface area contributed by atoms with Crippen LogP contribution in [0.1, 0.15) is 35.4 Å². The van der Waals surface area contributed by atoms with E-state index in [2.05, 4.69) is 23.6 Å². The van der Waals surface area contributed by atoms with E-state index >= 15 is 4.39 Å². The van der Waals surface area contributed by atoms with Crippen molar-refractivity contribution in [2.75, 3.05) is 51.3 Å². The second kappa shape index (κ2) is 11.4. The van der Waals surface area contributed by atoms with Gasteiger partial charge >= 0.3 is 0 Å². The number of nitriles is 1. The van der Waals surface area contributed by atoms with Gasteiger partial charge in [0.05, 0.1) is 11.2 Å². The number of hydrogen-bond acceptors (Lipinski definition) is 6. The monoisotopic (exact) mass is 608 g/mol. The number of piperazine rings is 1. The molecule has 1 saturated carbocycles. The van der Waals surface area contributed by atoms with Gasteiger partial charge in [0.25, 0.3) is 0 Å². The van der Waals surface area contributed by atoms with Gasteiger partial charge in [-0.25, -0.2) is 20.3 Å². The predicted octanol–water partition coefficient (Wildman–Crippen LogP) is 5.12. The van der Waals surface area contributed by atoms with Gasteiger partial charge in [0.2, 0.25) is 18.3 Å². The highest BCUT2D eigenvalue weighted by Crippen LogP contribution is 2.59. The fourth-order valence-electron chi connectivity index (χ4n) is 7.67. The number of aromatic nitrogens is 1. The van der Waals surface area contributed by atoms with Crippen LogP contribution in [0.4, 0.5) is 14.5 Å². The fourth-order valence-corrected chi connectivity index (χ4v) is 7.67. The van der Waals surface area contributed by atoms with Gasteiger partial charge in [0, 0.05) is 43.2 Å². The van der Waals surface area contributed by atoms with Gasteiger partial charge in [-0.2, -0.15) is 5.26 Å². The van der Waals surface area contributed by atoms with E-state index in [1.165, 1.54) is 23.3 Å². The zero-order chi connectivity index (χ0) is 31.4. The van der Waals surface area contributed by atoms with Crippen LogP contribution in [0.3, 0.4) is 0 Å². The maximum Gasteiger partial charge on any atom is 0.246 e. The second-order valence-electron chi connectivity index (χ2n) is 12.7. The Morgan fingerprint density at radius 2 is 2.09 bits per heavy atom. The summed E-state index contributed by atoms with van der Waals surface area (Å²) < 4.78 is 36.6. The average Bonchev–Trinajstić information content (AvgIpc) is 3.58. The minimum absolute atomic E-state index is 0.0720. The van der Waals surface area contributed by atoms with E-state index in [-0.39, 0.29) is 43.1 Å². The minimum Gasteiger partial charge on any atom is -0.475 e. The van der Waals surface area contributed by atoms with E-state index in [1.54, 1.807) is 11.0 Å². The number of carbonyl (C=O) groups is 1. The molecule has 8 nitrogen and oxygen atoms in total. The first-order chi connectivity index (χ1) is 21.8. The summed E-state index contributed by atoms with van der Waals surface area (Å²) in [5.41, 5.74) is 4.93. The van der Waals surface area contributed by atoms with Gasteiger partial charge < -0.3 is 19.4 Å². The highest BCUT2D eigenvalue weighted by molar-refractivity contribution is 5.99. The summed E-state index contributed by atoms with van der Waals surface area (Å²) in [6.45, 7) is 12.6. The van der Waals surface area contributed by atoms with Crippen molar-refractivity contribution >= 4 is 22.5 Å². The number of alkyl halides is 1. The molecule has 1 amide bonds. The van der Waals surface area contributed by atoms with E-state index in [9.17, 15) is 14.4 Å². The number of ether oxygens (including phenoxy) is 1. The number of halogens is 2. The molecule has 45 heavy (non-hydrogen) atoms. The van der Waals surface area contributed by atoms with Crippen molar-refractivity contribution in [1.29, 1.82) is 5.26 Å². The molecule has 5 atom stereocenters. The Bertz CT molecular complexity index is 1800. The summed E-state index contributed by atoms with van der Waals surface area (Å²) in [4.78, 5) is 26.4. The standard InChI is InChI=1S/C35H34F2N6O2/c1-4-32(44)43-9-8-42(18-24(43)16-39-2)34-28-13-30(37)27(25-7-5-6-20-10-21-11-26(21)33(20)25)14-31(28)40-35(29(34)15-38)45-19-23-12-22(36)17-41(23)3/h4-7,13-14,21-24,26H,1,8-12,16-19H2,3H3/t21?,22-,23+,24+,26?/m1/s1. The molecule has 1 aromatic heterocycles. The second-order valence-corrected chi connectivity index (χ2v) is 12.7. The van der Waals surface area contributed by atoms with Gasteiger partial charge in [0.15, 0.2) is 0 Å². The van der Waals surface area contributed by atoms with Gasteiger partial charge in [-0.3, -0.25) is 9.69 Å². The number of hydrogen-bond donors (Lipinski definition) is 0. The summed E-state index contributed by atoms with van der Waals surface area (Å²) in [7, 11) is 1.84. The van der Waals surface area contributed by atoms with Crippen molar-refractivity contribution in [3.8, 4) is 23.1 Å². The first-order valence-corrected chi connectivity index (χ1v) is 15.5. The molecule has 2 saturated heterocycles. The van der Waals surface area contributed by atoms with Crippen molar-refractivity contribution in [2.24, 2.45) is 5.92 Å². The van der Waals surface area contributed by atoms with Crippen molar-refractivity contribution in [3.05, 3.63) is 76.9 Å². The zero-order valence-corrected chi connectivity index (χ0v) is 25.2. The fraction of sp³-hybridized carbons (Fsp3) is 0.429. The number of anilines is 1. The number of carbonyl (C=O) groups excluding carboxylic acids is 1. The van der Waals surface area contributed by atoms with Gasteiger partial charge in [-0.05, 0) is 73.0 Å². The van der Waals surface area contributed by atoms with E-state index in [0.29, 0.717) is 60.0 Å². The third kappa shape index (κ3) is 5.07. The van der Waals surface area contributed by atoms with E-state index in [1.807, 2.05) is 29.0 Å². The molecular formula is C35H34F2N6O2. The summed E-state index contributed by atoms with van der Waals surface area (Å²) in [5, 5.41) is 10.9. The van der Waals surface area contributed by atoms with Gasteiger partial charge in [0.1, 0.15) is 36.3 Å². The van der Waals surface area contributed by atoms with Crippen molar-refractivity contribution < 1.29 is 18.3 Å². The summed E-state index contributed by atoms with van der Waals surface area (Å²) in [5.74, 6) is 0.551. The molecule has 4 aliphatic rings.